The maximum absolute atomic E-state index is 13.3. The van der Waals surface area contributed by atoms with Gasteiger partial charge in [-0.3, -0.25) is 14.2 Å². The van der Waals surface area contributed by atoms with Gasteiger partial charge in [-0.25, -0.2) is 0 Å². The summed E-state index contributed by atoms with van der Waals surface area (Å²) in [5.41, 5.74) is 1.64. The van der Waals surface area contributed by atoms with Crippen LogP contribution in [0.2, 0.25) is 0 Å². The topological polar surface area (TPSA) is 78.8 Å². The molecule has 0 fully saturated rings. The molecule has 3 rings (SSSR count). The van der Waals surface area contributed by atoms with E-state index in [-0.39, 0.29) is 11.5 Å². The van der Waals surface area contributed by atoms with Gasteiger partial charge in [0, 0.05) is 17.5 Å². The number of nitrogens with zero attached hydrogens (tertiary/aromatic N) is 1. The summed E-state index contributed by atoms with van der Waals surface area (Å²) in [6.45, 7) is 3.73. The third kappa shape index (κ3) is 3.83. The molecule has 0 aliphatic rings. The molecule has 7 nitrogen and oxygen atoms in total. The minimum atomic E-state index is -0.743. The van der Waals surface area contributed by atoms with Crippen LogP contribution < -0.4 is 25.1 Å². The van der Waals surface area contributed by atoms with Gasteiger partial charge in [0.1, 0.15) is 23.3 Å². The van der Waals surface area contributed by atoms with E-state index in [9.17, 15) is 9.59 Å². The number of carbonyl (C=O) groups is 1. The van der Waals surface area contributed by atoms with Gasteiger partial charge in [0.25, 0.3) is 5.56 Å². The first-order valence-electron chi connectivity index (χ1n) is 9.66. The average molecular weight is 410 g/mol. The Bertz CT molecular complexity index is 1140. The fourth-order valence-electron chi connectivity index (χ4n) is 3.62. The molecule has 0 saturated heterocycles. The van der Waals surface area contributed by atoms with E-state index in [2.05, 4.69) is 5.32 Å². The second-order valence-electron chi connectivity index (χ2n) is 6.87. The SMILES string of the molecule is CCC(C(=O)Nc1cc(OC)ccc1OC)n1c(=O)cc(C)c2cccc(OC)c21. The molecule has 0 saturated carbocycles. The number of fused-ring (bicyclic) bond motifs is 1. The Hall–Kier alpha value is -3.48. The molecular weight excluding hydrogens is 384 g/mol. The molecule has 2 aromatic carbocycles. The van der Waals surface area contributed by atoms with Crippen LogP contribution in [-0.2, 0) is 4.79 Å². The highest BCUT2D eigenvalue weighted by Crippen LogP contribution is 2.32. The third-order valence-corrected chi connectivity index (χ3v) is 5.13. The normalized spacial score (nSPS) is 11.8. The number of para-hydroxylation sites is 1. The quantitative estimate of drug-likeness (QED) is 0.639. The van der Waals surface area contributed by atoms with Gasteiger partial charge in [0.05, 0.1) is 32.5 Å². The molecule has 1 unspecified atom stereocenters. The van der Waals surface area contributed by atoms with Gasteiger partial charge in [-0.15, -0.1) is 0 Å². The van der Waals surface area contributed by atoms with Crippen molar-refractivity contribution in [1.29, 1.82) is 0 Å². The molecule has 1 heterocycles. The van der Waals surface area contributed by atoms with Crippen LogP contribution in [0.5, 0.6) is 17.2 Å². The summed E-state index contributed by atoms with van der Waals surface area (Å²) in [6.07, 6.45) is 0.411. The number of pyridine rings is 1. The van der Waals surface area contributed by atoms with Crippen LogP contribution in [0.4, 0.5) is 5.69 Å². The molecule has 0 aliphatic heterocycles. The van der Waals surface area contributed by atoms with Crippen molar-refractivity contribution in [2.24, 2.45) is 0 Å². The highest BCUT2D eigenvalue weighted by atomic mass is 16.5. The minimum absolute atomic E-state index is 0.260. The number of benzene rings is 2. The fourth-order valence-corrected chi connectivity index (χ4v) is 3.62. The van der Waals surface area contributed by atoms with Crippen LogP contribution in [0, 0.1) is 6.92 Å². The number of nitrogens with one attached hydrogen (secondary N) is 1. The number of hydrogen-bond acceptors (Lipinski definition) is 5. The largest absolute Gasteiger partial charge is 0.497 e. The Kier molecular flexibility index (Phi) is 6.30. The van der Waals surface area contributed by atoms with Crippen molar-refractivity contribution in [3.8, 4) is 17.2 Å². The summed E-state index contributed by atoms with van der Waals surface area (Å²) < 4.78 is 17.6. The van der Waals surface area contributed by atoms with E-state index in [1.54, 1.807) is 44.6 Å². The molecule has 7 heteroatoms. The number of ether oxygens (including phenoxy) is 3. The van der Waals surface area contributed by atoms with Gasteiger partial charge >= 0.3 is 0 Å². The van der Waals surface area contributed by atoms with Gasteiger partial charge in [-0.1, -0.05) is 19.1 Å². The van der Waals surface area contributed by atoms with Crippen molar-refractivity contribution in [2.45, 2.75) is 26.3 Å². The van der Waals surface area contributed by atoms with E-state index >= 15 is 0 Å². The summed E-state index contributed by atoms with van der Waals surface area (Å²) in [5, 5.41) is 3.75. The summed E-state index contributed by atoms with van der Waals surface area (Å²) in [6, 6.07) is 11.5. The fraction of sp³-hybridized carbons (Fsp3) is 0.304. The van der Waals surface area contributed by atoms with Crippen molar-refractivity contribution in [1.82, 2.24) is 4.57 Å². The van der Waals surface area contributed by atoms with E-state index in [1.165, 1.54) is 11.7 Å². The number of aromatic nitrogens is 1. The lowest BCUT2D eigenvalue weighted by molar-refractivity contribution is -0.119. The van der Waals surface area contributed by atoms with Gasteiger partial charge in [0.15, 0.2) is 0 Å². The second kappa shape index (κ2) is 8.90. The third-order valence-electron chi connectivity index (χ3n) is 5.13. The molecule has 1 amide bonds. The zero-order valence-electron chi connectivity index (χ0n) is 17.8. The number of methoxy groups -OCH3 is 3. The van der Waals surface area contributed by atoms with Crippen LogP contribution in [-0.4, -0.2) is 31.8 Å². The number of carbonyl (C=O) groups excluding carboxylic acids is 1. The lowest BCUT2D eigenvalue weighted by atomic mass is 10.1. The monoisotopic (exact) mass is 410 g/mol. The molecule has 0 bridgehead atoms. The Morgan fingerprint density at radius 3 is 2.40 bits per heavy atom. The maximum Gasteiger partial charge on any atom is 0.252 e. The lowest BCUT2D eigenvalue weighted by Crippen LogP contribution is -2.33. The van der Waals surface area contributed by atoms with Crippen molar-refractivity contribution < 1.29 is 19.0 Å². The van der Waals surface area contributed by atoms with Gasteiger partial charge < -0.3 is 19.5 Å². The zero-order chi connectivity index (χ0) is 21.8. The predicted molar refractivity (Wildman–Crippen MR) is 117 cm³/mol. The highest BCUT2D eigenvalue weighted by Gasteiger charge is 2.25. The lowest BCUT2D eigenvalue weighted by Gasteiger charge is -2.22. The zero-order valence-corrected chi connectivity index (χ0v) is 17.8. The first-order valence-corrected chi connectivity index (χ1v) is 9.66. The second-order valence-corrected chi connectivity index (χ2v) is 6.87. The van der Waals surface area contributed by atoms with Crippen LogP contribution in [0.15, 0.2) is 47.3 Å². The molecule has 1 N–H and O–H groups in total. The number of amides is 1. The van der Waals surface area contributed by atoms with Crippen molar-refractivity contribution in [3.63, 3.8) is 0 Å². The smallest absolute Gasteiger partial charge is 0.252 e. The van der Waals surface area contributed by atoms with Crippen molar-refractivity contribution >= 4 is 22.5 Å². The summed E-state index contributed by atoms with van der Waals surface area (Å²) >= 11 is 0. The Labute approximate surface area is 175 Å². The van der Waals surface area contributed by atoms with Gasteiger partial charge in [-0.05, 0) is 37.1 Å². The summed E-state index contributed by atoms with van der Waals surface area (Å²) in [5.74, 6) is 1.29. The summed E-state index contributed by atoms with van der Waals surface area (Å²) in [7, 11) is 4.62. The van der Waals surface area contributed by atoms with E-state index in [0.717, 1.165) is 10.9 Å². The molecule has 30 heavy (non-hydrogen) atoms. The van der Waals surface area contributed by atoms with E-state index < -0.39 is 6.04 Å². The first-order chi connectivity index (χ1) is 14.4. The predicted octanol–water partition coefficient (Wildman–Crippen LogP) is 3.93. The number of rotatable bonds is 7. The number of anilines is 1. The first kappa shape index (κ1) is 21.2. The van der Waals surface area contributed by atoms with Crippen LogP contribution in [0.25, 0.3) is 10.9 Å². The van der Waals surface area contributed by atoms with E-state index in [4.69, 9.17) is 14.2 Å². The molecule has 158 valence electrons. The van der Waals surface area contributed by atoms with Crippen LogP contribution in [0.1, 0.15) is 24.9 Å². The van der Waals surface area contributed by atoms with Gasteiger partial charge in [0.2, 0.25) is 5.91 Å². The average Bonchev–Trinajstić information content (AvgIpc) is 2.75. The molecule has 3 aromatic rings. The molecule has 1 atom stereocenters. The highest BCUT2D eigenvalue weighted by molar-refractivity contribution is 5.97. The Balaban J connectivity index is 2.12. The van der Waals surface area contributed by atoms with Crippen LogP contribution >= 0.6 is 0 Å². The molecule has 0 radical (unpaired) electrons. The minimum Gasteiger partial charge on any atom is -0.497 e. The van der Waals surface area contributed by atoms with Crippen LogP contribution in [0.3, 0.4) is 0 Å². The Morgan fingerprint density at radius 1 is 1.03 bits per heavy atom. The summed E-state index contributed by atoms with van der Waals surface area (Å²) in [4.78, 5) is 26.3. The van der Waals surface area contributed by atoms with Crippen molar-refractivity contribution in [2.75, 3.05) is 26.6 Å². The molecule has 1 aromatic heterocycles. The number of aryl methyl sites for hydroxylation is 1. The molecule has 0 aliphatic carbocycles. The standard InChI is InChI=1S/C23H26N2O5/c1-6-18(23(27)24-17-13-15(28-3)10-11-19(17)29-4)25-21(26)12-14(2)16-8-7-9-20(30-5)22(16)25/h7-13,18H,6H2,1-5H3,(H,24,27). The van der Waals surface area contributed by atoms with E-state index in [1.807, 2.05) is 26.0 Å². The van der Waals surface area contributed by atoms with E-state index in [0.29, 0.717) is 34.9 Å². The van der Waals surface area contributed by atoms with Gasteiger partial charge in [-0.2, -0.15) is 0 Å². The van der Waals surface area contributed by atoms with Crippen molar-refractivity contribution in [3.05, 3.63) is 58.4 Å². The molecule has 0 spiro atoms. The number of hydrogen-bond donors (Lipinski definition) is 1. The maximum atomic E-state index is 13.3. The molecular formula is C23H26N2O5. The Morgan fingerprint density at radius 2 is 1.77 bits per heavy atom.